The molecule has 1 aromatic rings. The van der Waals surface area contributed by atoms with Crippen LogP contribution < -0.4 is 10.6 Å². The van der Waals surface area contributed by atoms with Crippen molar-refractivity contribution in [3.05, 3.63) is 71.9 Å². The minimum absolute atomic E-state index is 0.0422. The number of hydrogen-bond acceptors (Lipinski definition) is 7. The second-order valence-corrected chi connectivity index (χ2v) is 11.2. The topological polar surface area (TPSA) is 134 Å². The van der Waals surface area contributed by atoms with E-state index in [1.807, 2.05) is 45.1 Å². The standard InChI is InChI=1S/C34H48N2O7/c1-7-22(2)33(40)35-25(5)34(41)43-30-17-12-10-8-9-11-16-29(42-6)21-31(38)36-27-18-26(19-28(37)20-27)15-13-14-23(3)32(39)24(30)4/h8-12,14,16,18-20,22,24-25,29-30,32,37,39H,7,13,15,17,21H2,1-6H3,(H,35,40)(H,36,38). The van der Waals surface area contributed by atoms with Crippen molar-refractivity contribution in [1.82, 2.24) is 5.32 Å². The number of fused-ring (bicyclic) bond motifs is 2. The summed E-state index contributed by atoms with van der Waals surface area (Å²) >= 11 is 0. The van der Waals surface area contributed by atoms with Gasteiger partial charge in [-0.25, -0.2) is 4.79 Å². The van der Waals surface area contributed by atoms with E-state index in [1.165, 1.54) is 13.2 Å². The minimum atomic E-state index is -0.881. The fourth-order valence-electron chi connectivity index (χ4n) is 4.55. The lowest BCUT2D eigenvalue weighted by molar-refractivity contribution is -0.156. The van der Waals surface area contributed by atoms with Crippen LogP contribution in [-0.4, -0.2) is 59.5 Å². The zero-order chi connectivity index (χ0) is 31.9. The van der Waals surface area contributed by atoms with Crippen LogP contribution in [0, 0.1) is 11.8 Å². The van der Waals surface area contributed by atoms with Crippen molar-refractivity contribution in [3.63, 3.8) is 0 Å². The summed E-state index contributed by atoms with van der Waals surface area (Å²) in [4.78, 5) is 37.9. The molecule has 236 valence electrons. The fourth-order valence-corrected chi connectivity index (χ4v) is 4.55. The number of allylic oxidation sites excluding steroid dienone is 5. The average molecular weight is 597 g/mol. The highest BCUT2D eigenvalue weighted by molar-refractivity contribution is 5.91. The summed E-state index contributed by atoms with van der Waals surface area (Å²) in [6.45, 7) is 8.96. The quantitative estimate of drug-likeness (QED) is 0.264. The third-order valence-corrected chi connectivity index (χ3v) is 7.60. The molecule has 0 saturated heterocycles. The first-order valence-electron chi connectivity index (χ1n) is 15.0. The molecule has 1 aliphatic rings. The van der Waals surface area contributed by atoms with E-state index in [-0.39, 0.29) is 29.9 Å². The van der Waals surface area contributed by atoms with Gasteiger partial charge in [-0.1, -0.05) is 63.3 Å². The summed E-state index contributed by atoms with van der Waals surface area (Å²) < 4.78 is 11.3. The number of aryl methyl sites for hydroxylation is 1. The second kappa shape index (κ2) is 18.1. The number of esters is 1. The summed E-state index contributed by atoms with van der Waals surface area (Å²) in [6.07, 6.45) is 13.0. The van der Waals surface area contributed by atoms with Crippen molar-refractivity contribution in [1.29, 1.82) is 0 Å². The number of aliphatic hydroxyl groups is 1. The van der Waals surface area contributed by atoms with E-state index in [0.717, 1.165) is 11.1 Å². The van der Waals surface area contributed by atoms with Gasteiger partial charge >= 0.3 is 5.97 Å². The Hall–Kier alpha value is -3.69. The molecule has 2 bridgehead atoms. The van der Waals surface area contributed by atoms with Gasteiger partial charge in [0.05, 0.1) is 18.6 Å². The zero-order valence-electron chi connectivity index (χ0n) is 26.2. The summed E-state index contributed by atoms with van der Waals surface area (Å²) in [5.41, 5.74) is 2.04. The lowest BCUT2D eigenvalue weighted by Gasteiger charge is -2.29. The van der Waals surface area contributed by atoms with E-state index in [9.17, 15) is 24.6 Å². The fraction of sp³-hybridized carbons (Fsp3) is 0.500. The molecule has 0 saturated carbocycles. The van der Waals surface area contributed by atoms with Gasteiger partial charge in [-0.3, -0.25) is 9.59 Å². The molecule has 6 atom stereocenters. The summed E-state index contributed by atoms with van der Waals surface area (Å²) in [5.74, 6) is -1.63. The number of nitrogens with one attached hydrogen (secondary N) is 2. The maximum atomic E-state index is 13.0. The Balaban J connectivity index is 2.31. The van der Waals surface area contributed by atoms with E-state index >= 15 is 0 Å². The SMILES string of the molecule is CCC(C)C(=O)NC(C)C(=O)OC1CC=CC=CC=CC(OC)CC(=O)Nc2cc(O)cc(c2)CCC=C(C)C(O)C1C. The third kappa shape index (κ3) is 12.2. The van der Waals surface area contributed by atoms with Crippen molar-refractivity contribution in [2.75, 3.05) is 12.4 Å². The van der Waals surface area contributed by atoms with Crippen LogP contribution in [0.4, 0.5) is 5.69 Å². The molecule has 1 heterocycles. The summed E-state index contributed by atoms with van der Waals surface area (Å²) in [5, 5.41) is 27.0. The maximum absolute atomic E-state index is 13.0. The number of rotatable bonds is 6. The van der Waals surface area contributed by atoms with Gasteiger partial charge in [0.2, 0.25) is 11.8 Å². The van der Waals surface area contributed by atoms with Crippen LogP contribution in [0.3, 0.4) is 0 Å². The normalized spacial score (nSPS) is 23.7. The molecule has 2 rings (SSSR count). The first-order chi connectivity index (χ1) is 20.4. The molecular weight excluding hydrogens is 548 g/mol. The summed E-state index contributed by atoms with van der Waals surface area (Å²) in [7, 11) is 1.53. The van der Waals surface area contributed by atoms with Gasteiger partial charge in [-0.05, 0) is 56.4 Å². The molecule has 1 aromatic carbocycles. The number of phenols is 1. The van der Waals surface area contributed by atoms with Crippen LogP contribution in [0.5, 0.6) is 5.75 Å². The molecule has 0 aromatic heterocycles. The molecule has 4 N–H and O–H groups in total. The number of aliphatic hydroxyl groups excluding tert-OH is 1. The van der Waals surface area contributed by atoms with Crippen molar-refractivity contribution < 1.29 is 34.1 Å². The number of carbonyl (C=O) groups is 3. The first kappa shape index (κ1) is 35.5. The van der Waals surface area contributed by atoms with Gasteiger partial charge in [0.1, 0.15) is 17.9 Å². The Kier molecular flexibility index (Phi) is 14.9. The number of methoxy groups -OCH3 is 1. The molecule has 0 radical (unpaired) electrons. The summed E-state index contributed by atoms with van der Waals surface area (Å²) in [6, 6.07) is 4.12. The van der Waals surface area contributed by atoms with Crippen LogP contribution in [0.1, 0.15) is 65.9 Å². The number of anilines is 1. The highest BCUT2D eigenvalue weighted by Crippen LogP contribution is 2.24. The molecule has 0 spiro atoms. The van der Waals surface area contributed by atoms with Gasteiger partial charge in [-0.15, -0.1) is 0 Å². The number of benzene rings is 1. The predicted molar refractivity (Wildman–Crippen MR) is 168 cm³/mol. The molecule has 9 nitrogen and oxygen atoms in total. The molecule has 9 heteroatoms. The number of ether oxygens (including phenoxy) is 2. The van der Waals surface area contributed by atoms with Crippen LogP contribution >= 0.6 is 0 Å². The van der Waals surface area contributed by atoms with Crippen molar-refractivity contribution in [2.24, 2.45) is 11.8 Å². The van der Waals surface area contributed by atoms with E-state index in [0.29, 0.717) is 31.4 Å². The average Bonchev–Trinajstić information content (AvgIpc) is 2.96. The largest absolute Gasteiger partial charge is 0.508 e. The number of amides is 2. The highest BCUT2D eigenvalue weighted by Gasteiger charge is 2.30. The van der Waals surface area contributed by atoms with Gasteiger partial charge in [0.15, 0.2) is 0 Å². The van der Waals surface area contributed by atoms with Crippen LogP contribution in [0.25, 0.3) is 0 Å². The Morgan fingerprint density at radius 2 is 1.86 bits per heavy atom. The van der Waals surface area contributed by atoms with E-state index in [2.05, 4.69) is 10.6 Å². The van der Waals surface area contributed by atoms with Crippen LogP contribution in [0.15, 0.2) is 66.3 Å². The number of aromatic hydroxyl groups is 1. The lowest BCUT2D eigenvalue weighted by atomic mass is 9.90. The number of hydrogen-bond donors (Lipinski definition) is 4. The Bertz CT molecular complexity index is 1200. The highest BCUT2D eigenvalue weighted by atomic mass is 16.5. The molecule has 43 heavy (non-hydrogen) atoms. The molecule has 1 aliphatic heterocycles. The van der Waals surface area contributed by atoms with E-state index in [1.54, 1.807) is 44.2 Å². The van der Waals surface area contributed by atoms with Gasteiger partial charge < -0.3 is 30.3 Å². The minimum Gasteiger partial charge on any atom is -0.508 e. The van der Waals surface area contributed by atoms with Crippen LogP contribution in [0.2, 0.25) is 0 Å². The van der Waals surface area contributed by atoms with Crippen molar-refractivity contribution >= 4 is 23.5 Å². The van der Waals surface area contributed by atoms with Gasteiger partial charge in [0, 0.05) is 37.1 Å². The monoisotopic (exact) mass is 596 g/mol. The Morgan fingerprint density at radius 3 is 2.56 bits per heavy atom. The zero-order valence-corrected chi connectivity index (χ0v) is 26.2. The molecule has 0 aliphatic carbocycles. The molecular formula is C34H48N2O7. The Morgan fingerprint density at radius 1 is 1.14 bits per heavy atom. The van der Waals surface area contributed by atoms with Gasteiger partial charge in [0.25, 0.3) is 0 Å². The molecule has 0 fully saturated rings. The molecule has 2 amide bonds. The van der Waals surface area contributed by atoms with Crippen molar-refractivity contribution in [3.8, 4) is 5.75 Å². The van der Waals surface area contributed by atoms with Crippen LogP contribution in [-0.2, 0) is 30.3 Å². The number of phenolic OH excluding ortho intramolecular Hbond substituents is 1. The lowest BCUT2D eigenvalue weighted by Crippen LogP contribution is -2.44. The maximum Gasteiger partial charge on any atom is 0.328 e. The predicted octanol–water partition coefficient (Wildman–Crippen LogP) is 5.15. The van der Waals surface area contributed by atoms with E-state index in [4.69, 9.17) is 9.47 Å². The van der Waals surface area contributed by atoms with Gasteiger partial charge in [-0.2, -0.15) is 0 Å². The molecule has 6 unspecified atom stereocenters. The number of carbonyl (C=O) groups excluding carboxylic acids is 3. The van der Waals surface area contributed by atoms with Crippen molar-refractivity contribution in [2.45, 2.75) is 91.1 Å². The van der Waals surface area contributed by atoms with E-state index < -0.39 is 36.2 Å². The third-order valence-electron chi connectivity index (χ3n) is 7.60. The Labute approximate surface area is 255 Å². The first-order valence-corrected chi connectivity index (χ1v) is 15.0. The second-order valence-electron chi connectivity index (χ2n) is 11.2. The smallest absolute Gasteiger partial charge is 0.328 e.